The van der Waals surface area contributed by atoms with Crippen LogP contribution in [0.25, 0.3) is 0 Å². The van der Waals surface area contributed by atoms with Crippen LogP contribution in [0.2, 0.25) is 0 Å². The number of amides is 1. The van der Waals surface area contributed by atoms with Crippen LogP contribution in [0.3, 0.4) is 0 Å². The van der Waals surface area contributed by atoms with E-state index in [9.17, 15) is 4.79 Å². The Morgan fingerprint density at radius 2 is 2.33 bits per heavy atom. The molecule has 1 aliphatic rings. The number of likely N-dealkylation sites (tertiary alicyclic amines) is 1. The van der Waals surface area contributed by atoms with E-state index in [-0.39, 0.29) is 23.9 Å². The molecule has 2 rings (SSSR count). The Morgan fingerprint density at radius 3 is 2.94 bits per heavy atom. The zero-order chi connectivity index (χ0) is 13.1. The van der Waals surface area contributed by atoms with E-state index in [1.807, 2.05) is 37.1 Å². The fourth-order valence-corrected chi connectivity index (χ4v) is 2.44. The Balaban J connectivity index is 2.15. The van der Waals surface area contributed by atoms with Crippen LogP contribution in [0, 0.1) is 5.92 Å². The SMILES string of the molecule is CC(N)C(C)C(=O)N1CCCC1c1cccnc1. The molecule has 1 aliphatic heterocycles. The van der Waals surface area contributed by atoms with Crippen molar-refractivity contribution in [1.82, 2.24) is 9.88 Å². The van der Waals surface area contributed by atoms with Crippen LogP contribution in [-0.4, -0.2) is 28.4 Å². The van der Waals surface area contributed by atoms with Crippen LogP contribution >= 0.6 is 0 Å². The van der Waals surface area contributed by atoms with Crippen molar-refractivity contribution in [3.05, 3.63) is 30.1 Å². The van der Waals surface area contributed by atoms with Gasteiger partial charge in [-0.15, -0.1) is 0 Å². The molecular formula is C14H21N3O. The number of pyridine rings is 1. The summed E-state index contributed by atoms with van der Waals surface area (Å²) in [5.74, 6) is 0.0404. The second-order valence-electron chi connectivity index (χ2n) is 5.12. The van der Waals surface area contributed by atoms with Gasteiger partial charge in [0.2, 0.25) is 5.91 Å². The third kappa shape index (κ3) is 2.53. The second-order valence-corrected chi connectivity index (χ2v) is 5.12. The van der Waals surface area contributed by atoms with Gasteiger partial charge in [-0.1, -0.05) is 13.0 Å². The summed E-state index contributed by atoms with van der Waals surface area (Å²) >= 11 is 0. The molecule has 0 aliphatic carbocycles. The number of nitrogens with two attached hydrogens (primary N) is 1. The molecule has 0 saturated carbocycles. The molecule has 4 nitrogen and oxygen atoms in total. The van der Waals surface area contributed by atoms with E-state index in [4.69, 9.17) is 5.73 Å². The van der Waals surface area contributed by atoms with Gasteiger partial charge in [-0.05, 0) is 31.4 Å². The van der Waals surface area contributed by atoms with Crippen LogP contribution in [0.1, 0.15) is 38.3 Å². The topological polar surface area (TPSA) is 59.2 Å². The van der Waals surface area contributed by atoms with Gasteiger partial charge in [0.05, 0.1) is 12.0 Å². The molecule has 0 radical (unpaired) electrons. The van der Waals surface area contributed by atoms with Crippen molar-refractivity contribution in [2.45, 2.75) is 38.8 Å². The van der Waals surface area contributed by atoms with Gasteiger partial charge in [0.15, 0.2) is 0 Å². The van der Waals surface area contributed by atoms with Crippen molar-refractivity contribution in [1.29, 1.82) is 0 Å². The van der Waals surface area contributed by atoms with Gasteiger partial charge in [-0.2, -0.15) is 0 Å². The first kappa shape index (κ1) is 13.0. The lowest BCUT2D eigenvalue weighted by Gasteiger charge is -2.29. The molecule has 3 atom stereocenters. The summed E-state index contributed by atoms with van der Waals surface area (Å²) in [6.45, 7) is 4.62. The molecule has 1 aromatic rings. The maximum absolute atomic E-state index is 12.4. The largest absolute Gasteiger partial charge is 0.335 e. The summed E-state index contributed by atoms with van der Waals surface area (Å²) in [5, 5.41) is 0. The van der Waals surface area contributed by atoms with Crippen molar-refractivity contribution >= 4 is 5.91 Å². The summed E-state index contributed by atoms with van der Waals surface area (Å²) in [6, 6.07) is 4.03. The first-order valence-corrected chi connectivity index (χ1v) is 6.57. The highest BCUT2D eigenvalue weighted by molar-refractivity contribution is 5.80. The molecule has 0 spiro atoms. The highest BCUT2D eigenvalue weighted by Crippen LogP contribution is 2.32. The lowest BCUT2D eigenvalue weighted by molar-refractivity contribution is -0.136. The van der Waals surface area contributed by atoms with Crippen molar-refractivity contribution in [3.63, 3.8) is 0 Å². The summed E-state index contributed by atoms with van der Waals surface area (Å²) in [5.41, 5.74) is 6.95. The molecule has 0 bridgehead atoms. The fraction of sp³-hybridized carbons (Fsp3) is 0.571. The monoisotopic (exact) mass is 247 g/mol. The number of nitrogens with zero attached hydrogens (tertiary/aromatic N) is 2. The average Bonchev–Trinajstić information content (AvgIpc) is 2.87. The molecule has 1 fully saturated rings. The molecule has 4 heteroatoms. The Hall–Kier alpha value is -1.42. The summed E-state index contributed by atoms with van der Waals surface area (Å²) in [4.78, 5) is 18.5. The molecule has 2 heterocycles. The third-order valence-corrected chi connectivity index (χ3v) is 3.78. The molecule has 98 valence electrons. The third-order valence-electron chi connectivity index (χ3n) is 3.78. The van der Waals surface area contributed by atoms with Crippen molar-refractivity contribution in [3.8, 4) is 0 Å². The summed E-state index contributed by atoms with van der Waals surface area (Å²) < 4.78 is 0. The fourth-order valence-electron chi connectivity index (χ4n) is 2.44. The summed E-state index contributed by atoms with van der Waals surface area (Å²) in [6.07, 6.45) is 5.68. The van der Waals surface area contributed by atoms with Crippen molar-refractivity contribution in [2.75, 3.05) is 6.54 Å². The van der Waals surface area contributed by atoms with E-state index in [1.165, 1.54) is 0 Å². The number of hydrogen-bond donors (Lipinski definition) is 1. The molecule has 2 N–H and O–H groups in total. The molecular weight excluding hydrogens is 226 g/mol. The predicted octanol–water partition coefficient (Wildman–Crippen LogP) is 1.73. The van der Waals surface area contributed by atoms with Gasteiger partial charge >= 0.3 is 0 Å². The summed E-state index contributed by atoms with van der Waals surface area (Å²) in [7, 11) is 0. The number of aromatic nitrogens is 1. The van der Waals surface area contributed by atoms with E-state index in [1.54, 1.807) is 6.20 Å². The molecule has 3 unspecified atom stereocenters. The van der Waals surface area contributed by atoms with E-state index < -0.39 is 0 Å². The predicted molar refractivity (Wildman–Crippen MR) is 70.7 cm³/mol. The van der Waals surface area contributed by atoms with E-state index in [2.05, 4.69) is 4.98 Å². The zero-order valence-corrected chi connectivity index (χ0v) is 11.0. The van der Waals surface area contributed by atoms with E-state index in [0.717, 1.165) is 24.9 Å². The first-order valence-electron chi connectivity index (χ1n) is 6.57. The second kappa shape index (κ2) is 5.48. The van der Waals surface area contributed by atoms with E-state index >= 15 is 0 Å². The quantitative estimate of drug-likeness (QED) is 0.885. The Labute approximate surface area is 108 Å². The normalized spacial score (nSPS) is 22.8. The van der Waals surface area contributed by atoms with Crippen LogP contribution in [0.15, 0.2) is 24.5 Å². The lowest BCUT2D eigenvalue weighted by Crippen LogP contribution is -2.41. The maximum Gasteiger partial charge on any atom is 0.227 e. The van der Waals surface area contributed by atoms with Gasteiger partial charge < -0.3 is 10.6 Å². The number of rotatable bonds is 3. The van der Waals surface area contributed by atoms with Crippen LogP contribution in [0.4, 0.5) is 0 Å². The minimum atomic E-state index is -0.123. The van der Waals surface area contributed by atoms with Crippen LogP contribution < -0.4 is 5.73 Å². The number of carbonyl (C=O) groups excluding carboxylic acids is 1. The first-order chi connectivity index (χ1) is 8.61. The highest BCUT2D eigenvalue weighted by atomic mass is 16.2. The van der Waals surface area contributed by atoms with Crippen LogP contribution in [0.5, 0.6) is 0 Å². The molecule has 1 aromatic heterocycles. The molecule has 0 aromatic carbocycles. The Bertz CT molecular complexity index is 405. The minimum Gasteiger partial charge on any atom is -0.335 e. The van der Waals surface area contributed by atoms with Crippen molar-refractivity contribution in [2.24, 2.45) is 11.7 Å². The highest BCUT2D eigenvalue weighted by Gasteiger charge is 2.33. The lowest BCUT2D eigenvalue weighted by atomic mass is 10.0. The average molecular weight is 247 g/mol. The standard InChI is InChI=1S/C14H21N3O/c1-10(11(2)15)14(18)17-8-4-6-13(17)12-5-3-7-16-9-12/h3,5,7,9-11,13H,4,6,8,15H2,1-2H3. The smallest absolute Gasteiger partial charge is 0.227 e. The minimum absolute atomic E-state index is 0.104. The number of hydrogen-bond acceptors (Lipinski definition) is 3. The van der Waals surface area contributed by atoms with Gasteiger partial charge in [-0.25, -0.2) is 0 Å². The Kier molecular flexibility index (Phi) is 3.97. The van der Waals surface area contributed by atoms with Gasteiger partial charge in [-0.3, -0.25) is 9.78 Å². The zero-order valence-electron chi connectivity index (χ0n) is 11.0. The molecule has 1 saturated heterocycles. The maximum atomic E-state index is 12.4. The molecule has 18 heavy (non-hydrogen) atoms. The Morgan fingerprint density at radius 1 is 1.56 bits per heavy atom. The van der Waals surface area contributed by atoms with Crippen molar-refractivity contribution < 1.29 is 4.79 Å². The molecule has 1 amide bonds. The van der Waals surface area contributed by atoms with Gasteiger partial charge in [0.25, 0.3) is 0 Å². The number of carbonyl (C=O) groups is 1. The van der Waals surface area contributed by atoms with Crippen LogP contribution in [-0.2, 0) is 4.79 Å². The van der Waals surface area contributed by atoms with Gasteiger partial charge in [0, 0.05) is 25.0 Å². The van der Waals surface area contributed by atoms with E-state index in [0.29, 0.717) is 0 Å². The van der Waals surface area contributed by atoms with Gasteiger partial charge in [0.1, 0.15) is 0 Å².